The highest BCUT2D eigenvalue weighted by Crippen LogP contribution is 2.13. The van der Waals surface area contributed by atoms with Crippen molar-refractivity contribution in [3.05, 3.63) is 11.8 Å². The molecule has 1 heterocycles. The zero-order valence-corrected chi connectivity index (χ0v) is 6.66. The van der Waals surface area contributed by atoms with E-state index in [0.29, 0.717) is 6.54 Å². The van der Waals surface area contributed by atoms with E-state index in [9.17, 15) is 9.90 Å². The number of nitrogens with zero attached hydrogens (tertiary/aromatic N) is 1. The summed E-state index contributed by atoms with van der Waals surface area (Å²) in [5, 5.41) is 16.3. The van der Waals surface area contributed by atoms with Gasteiger partial charge in [-0.05, 0) is 11.6 Å². The zero-order chi connectivity index (χ0) is 8.97. The Labute approximate surface area is 69.4 Å². The van der Waals surface area contributed by atoms with Crippen LogP contribution in [0.1, 0.15) is 23.7 Å². The quantitative estimate of drug-likeness (QED) is 0.732. The average molecular weight is 169 g/mol. The van der Waals surface area contributed by atoms with Gasteiger partial charge in [0.25, 0.3) is 5.91 Å². The van der Waals surface area contributed by atoms with Gasteiger partial charge in [-0.25, -0.2) is 0 Å². The van der Waals surface area contributed by atoms with Gasteiger partial charge in [-0.15, -0.1) is 0 Å². The monoisotopic (exact) mass is 169 g/mol. The van der Waals surface area contributed by atoms with Crippen LogP contribution in [0.15, 0.2) is 10.8 Å². The van der Waals surface area contributed by atoms with E-state index in [-0.39, 0.29) is 5.56 Å². The minimum atomic E-state index is -0.622. The minimum Gasteiger partial charge on any atom is -0.360 e. The lowest BCUT2D eigenvalue weighted by molar-refractivity contribution is 0.0949. The molecule has 65 valence electrons. The van der Waals surface area contributed by atoms with Gasteiger partial charge in [-0.3, -0.25) is 9.90 Å². The lowest BCUT2D eigenvalue weighted by Gasteiger charge is -1.98. The molecule has 0 fully saturated rings. The molecule has 1 rings (SSSR count). The molecule has 0 aliphatic heterocycles. The van der Waals surface area contributed by atoms with Crippen LogP contribution in [0.5, 0.6) is 5.88 Å². The molecule has 5 heteroatoms. The van der Waals surface area contributed by atoms with Crippen molar-refractivity contribution >= 4 is 5.91 Å². The maximum Gasteiger partial charge on any atom is 0.321 e. The van der Waals surface area contributed by atoms with E-state index in [1.165, 1.54) is 0 Å². The van der Waals surface area contributed by atoms with Crippen LogP contribution >= 0.6 is 0 Å². The van der Waals surface area contributed by atoms with Crippen LogP contribution in [0, 0.1) is 0 Å². The van der Waals surface area contributed by atoms with Gasteiger partial charge in [-0.1, -0.05) is 6.92 Å². The topological polar surface area (TPSA) is 75.0 Å². The van der Waals surface area contributed by atoms with Crippen molar-refractivity contribution in [3.63, 3.8) is 0 Å². The van der Waals surface area contributed by atoms with Crippen molar-refractivity contribution in [1.29, 1.82) is 0 Å². The van der Waals surface area contributed by atoms with Crippen LogP contribution < -0.4 is 5.32 Å². The lowest BCUT2D eigenvalue weighted by atomic mass is 10.3. The molecular weight excluding hydrogens is 160 g/mol. The predicted octanol–water partition coefficient (Wildman–Crippen LogP) is 0.958. The van der Waals surface area contributed by atoms with Crippen LogP contribution in [0.3, 0.4) is 0 Å². The molecule has 0 aromatic carbocycles. The van der Waals surface area contributed by atoms with Crippen molar-refractivity contribution in [2.24, 2.45) is 0 Å². The van der Waals surface area contributed by atoms with E-state index >= 15 is 0 Å². The Balaban J connectivity index is 2.59. The number of carbonyl (C=O) groups is 1. The first-order valence-corrected chi connectivity index (χ1v) is 3.65. The Kier molecular flexibility index (Phi) is 2.68. The molecular formula is C7H9N2O3. The highest BCUT2D eigenvalue weighted by molar-refractivity contribution is 5.95. The summed E-state index contributed by atoms with van der Waals surface area (Å²) in [7, 11) is 0. The third-order valence-electron chi connectivity index (χ3n) is 1.32. The summed E-state index contributed by atoms with van der Waals surface area (Å²) in [4.78, 5) is 11.1. The van der Waals surface area contributed by atoms with Crippen molar-refractivity contribution in [2.75, 3.05) is 6.54 Å². The summed E-state index contributed by atoms with van der Waals surface area (Å²) >= 11 is 0. The summed E-state index contributed by atoms with van der Waals surface area (Å²) in [5.74, 6) is -1.05. The third-order valence-corrected chi connectivity index (χ3v) is 1.32. The van der Waals surface area contributed by atoms with Gasteiger partial charge in [0, 0.05) is 6.54 Å². The number of hydrogen-bond donors (Lipinski definition) is 1. The second kappa shape index (κ2) is 3.75. The fourth-order valence-corrected chi connectivity index (χ4v) is 0.711. The first-order valence-electron chi connectivity index (χ1n) is 3.65. The zero-order valence-electron chi connectivity index (χ0n) is 6.66. The standard InChI is InChI=1S/C7H9N2O3/c1-2-3-8-6(10)5-4-12-9-7(5)11/h4H,2-3H2,1H3,(H,8,10). The van der Waals surface area contributed by atoms with Gasteiger partial charge < -0.3 is 9.84 Å². The molecule has 5 nitrogen and oxygen atoms in total. The highest BCUT2D eigenvalue weighted by atomic mass is 16.5. The van der Waals surface area contributed by atoms with Crippen LogP contribution in [0.25, 0.3) is 0 Å². The maximum atomic E-state index is 11.1. The molecule has 1 amide bonds. The minimum absolute atomic E-state index is 0.0385. The first kappa shape index (κ1) is 8.58. The third kappa shape index (κ3) is 1.75. The van der Waals surface area contributed by atoms with Crippen LogP contribution in [0.4, 0.5) is 0 Å². The fraction of sp³-hybridized carbons (Fsp3) is 0.429. The van der Waals surface area contributed by atoms with Gasteiger partial charge in [0.15, 0.2) is 0 Å². The second-order valence-corrected chi connectivity index (χ2v) is 2.29. The molecule has 0 spiro atoms. The van der Waals surface area contributed by atoms with Gasteiger partial charge in [0.2, 0.25) is 0 Å². The van der Waals surface area contributed by atoms with Crippen molar-refractivity contribution in [3.8, 4) is 5.88 Å². The summed E-state index contributed by atoms with van der Waals surface area (Å²) in [6.45, 7) is 2.47. The summed E-state index contributed by atoms with van der Waals surface area (Å²) in [6.07, 6.45) is 1.87. The van der Waals surface area contributed by atoms with Gasteiger partial charge in [0.1, 0.15) is 11.8 Å². The molecule has 12 heavy (non-hydrogen) atoms. The number of nitrogens with one attached hydrogen (secondary N) is 1. The van der Waals surface area contributed by atoms with Crippen LogP contribution in [0.2, 0.25) is 0 Å². The SMILES string of the molecule is CCCNC(=O)c1conc1[O]. The summed E-state index contributed by atoms with van der Waals surface area (Å²) in [5.41, 5.74) is -0.0385. The van der Waals surface area contributed by atoms with E-state index in [4.69, 9.17) is 0 Å². The number of rotatable bonds is 3. The largest absolute Gasteiger partial charge is 0.360 e. The lowest BCUT2D eigenvalue weighted by Crippen LogP contribution is -2.23. The molecule has 1 aromatic rings. The molecule has 0 aliphatic carbocycles. The summed E-state index contributed by atoms with van der Waals surface area (Å²) in [6, 6.07) is 0. The molecule has 0 bridgehead atoms. The summed E-state index contributed by atoms with van der Waals surface area (Å²) < 4.78 is 4.32. The Morgan fingerprint density at radius 1 is 1.75 bits per heavy atom. The first-order chi connectivity index (χ1) is 5.75. The molecule has 1 aromatic heterocycles. The van der Waals surface area contributed by atoms with E-state index in [1.54, 1.807) is 0 Å². The van der Waals surface area contributed by atoms with Crippen molar-refractivity contribution < 1.29 is 14.4 Å². The molecule has 0 aliphatic rings. The number of aromatic nitrogens is 1. The average Bonchev–Trinajstić information content (AvgIpc) is 2.47. The van der Waals surface area contributed by atoms with E-state index in [0.717, 1.165) is 12.7 Å². The Bertz CT molecular complexity index is 269. The predicted molar refractivity (Wildman–Crippen MR) is 39.3 cm³/mol. The fourth-order valence-electron chi connectivity index (χ4n) is 0.711. The molecule has 0 saturated heterocycles. The second-order valence-electron chi connectivity index (χ2n) is 2.29. The molecule has 0 unspecified atom stereocenters. The molecule has 1 N–H and O–H groups in total. The van der Waals surface area contributed by atoms with E-state index in [1.807, 2.05) is 6.92 Å². The normalized spacial score (nSPS) is 9.75. The van der Waals surface area contributed by atoms with Crippen LogP contribution in [-0.4, -0.2) is 17.6 Å². The van der Waals surface area contributed by atoms with Crippen LogP contribution in [-0.2, 0) is 5.11 Å². The maximum absolute atomic E-state index is 11.1. The Morgan fingerprint density at radius 2 is 2.50 bits per heavy atom. The van der Waals surface area contributed by atoms with E-state index in [2.05, 4.69) is 15.0 Å². The Hall–Kier alpha value is -1.52. The highest BCUT2D eigenvalue weighted by Gasteiger charge is 2.15. The number of hydrogen-bond acceptors (Lipinski definition) is 3. The molecule has 0 atom stereocenters. The smallest absolute Gasteiger partial charge is 0.321 e. The van der Waals surface area contributed by atoms with Gasteiger partial charge in [-0.2, -0.15) is 0 Å². The van der Waals surface area contributed by atoms with E-state index < -0.39 is 11.8 Å². The number of amides is 1. The van der Waals surface area contributed by atoms with Gasteiger partial charge in [0.05, 0.1) is 0 Å². The van der Waals surface area contributed by atoms with Gasteiger partial charge >= 0.3 is 5.88 Å². The van der Waals surface area contributed by atoms with Crippen molar-refractivity contribution in [1.82, 2.24) is 10.5 Å². The van der Waals surface area contributed by atoms with Crippen molar-refractivity contribution in [2.45, 2.75) is 13.3 Å². The molecule has 1 radical (unpaired) electrons. The Morgan fingerprint density at radius 3 is 3.00 bits per heavy atom. The number of carbonyl (C=O) groups excluding carboxylic acids is 1. The molecule has 0 saturated carbocycles.